The average molecular weight is 363 g/mol. The molecule has 2 aromatic carbocycles. The fraction of sp³-hybridized carbons (Fsp3) is 0.222. The van der Waals surface area contributed by atoms with Crippen molar-refractivity contribution in [2.75, 3.05) is 32.2 Å². The second-order valence-corrected chi connectivity index (χ2v) is 5.56. The molecule has 0 aliphatic carbocycles. The van der Waals surface area contributed by atoms with Crippen LogP contribution < -0.4 is 15.4 Å². The number of halogens is 1. The van der Waals surface area contributed by atoms with Crippen molar-refractivity contribution in [3.8, 4) is 5.75 Å². The van der Waals surface area contributed by atoms with Gasteiger partial charge in [-0.25, -0.2) is 0 Å². The monoisotopic (exact) mass is 362 g/mol. The van der Waals surface area contributed by atoms with Crippen molar-refractivity contribution in [3.63, 3.8) is 0 Å². The highest BCUT2D eigenvalue weighted by Crippen LogP contribution is 2.16. The van der Waals surface area contributed by atoms with Gasteiger partial charge in [0, 0.05) is 29.9 Å². The van der Waals surface area contributed by atoms with Crippen molar-refractivity contribution in [2.45, 2.75) is 0 Å². The Kier molecular flexibility index (Phi) is 7.25. The highest BCUT2D eigenvalue weighted by molar-refractivity contribution is 6.30. The zero-order valence-corrected chi connectivity index (χ0v) is 14.5. The molecule has 0 radical (unpaired) electrons. The molecule has 0 aliphatic rings. The van der Waals surface area contributed by atoms with Crippen LogP contribution in [0.3, 0.4) is 0 Å². The Morgan fingerprint density at radius 1 is 1.12 bits per heavy atom. The summed E-state index contributed by atoms with van der Waals surface area (Å²) in [5, 5.41) is 6.01. The van der Waals surface area contributed by atoms with Gasteiger partial charge in [-0.1, -0.05) is 17.7 Å². The van der Waals surface area contributed by atoms with E-state index >= 15 is 0 Å². The van der Waals surface area contributed by atoms with E-state index in [1.165, 1.54) is 0 Å². The van der Waals surface area contributed by atoms with Crippen LogP contribution in [0.4, 0.5) is 5.69 Å². The molecule has 6 nitrogen and oxygen atoms in total. The van der Waals surface area contributed by atoms with Crippen LogP contribution in [0, 0.1) is 0 Å². The molecule has 7 heteroatoms. The van der Waals surface area contributed by atoms with E-state index in [0.29, 0.717) is 35.2 Å². The summed E-state index contributed by atoms with van der Waals surface area (Å²) < 4.78 is 10.3. The van der Waals surface area contributed by atoms with Crippen LogP contribution in [0.25, 0.3) is 0 Å². The summed E-state index contributed by atoms with van der Waals surface area (Å²) in [6.07, 6.45) is 0. The van der Waals surface area contributed by atoms with Gasteiger partial charge in [0.05, 0.1) is 6.61 Å². The Hall–Kier alpha value is -2.57. The number of hydrogen-bond donors (Lipinski definition) is 2. The van der Waals surface area contributed by atoms with E-state index in [9.17, 15) is 9.59 Å². The molecule has 0 saturated carbocycles. The molecule has 0 saturated heterocycles. The molecule has 0 bridgehead atoms. The van der Waals surface area contributed by atoms with E-state index in [0.717, 1.165) is 0 Å². The third kappa shape index (κ3) is 6.45. The van der Waals surface area contributed by atoms with Crippen molar-refractivity contribution in [2.24, 2.45) is 0 Å². The van der Waals surface area contributed by atoms with E-state index < -0.39 is 0 Å². The van der Waals surface area contributed by atoms with Crippen LogP contribution >= 0.6 is 11.6 Å². The molecule has 25 heavy (non-hydrogen) atoms. The molecule has 2 rings (SSSR count). The number of ether oxygens (including phenoxy) is 2. The number of anilines is 1. The first-order valence-corrected chi connectivity index (χ1v) is 8.01. The third-order valence-corrected chi connectivity index (χ3v) is 3.44. The summed E-state index contributed by atoms with van der Waals surface area (Å²) in [4.78, 5) is 23.9. The van der Waals surface area contributed by atoms with Crippen LogP contribution in [-0.2, 0) is 9.53 Å². The largest absolute Gasteiger partial charge is 0.484 e. The summed E-state index contributed by atoms with van der Waals surface area (Å²) in [7, 11) is 1.56. The lowest BCUT2D eigenvalue weighted by Crippen LogP contribution is -2.27. The van der Waals surface area contributed by atoms with Gasteiger partial charge in [0.1, 0.15) is 5.75 Å². The van der Waals surface area contributed by atoms with Gasteiger partial charge in [-0.15, -0.1) is 0 Å². The number of benzene rings is 2. The number of rotatable bonds is 8. The molecule has 0 spiro atoms. The number of hydrogen-bond acceptors (Lipinski definition) is 4. The second kappa shape index (κ2) is 9.66. The zero-order chi connectivity index (χ0) is 18.1. The molecule has 2 N–H and O–H groups in total. The molecular formula is C18H19ClN2O4. The lowest BCUT2D eigenvalue weighted by molar-refractivity contribution is -0.118. The number of carbonyl (C=O) groups is 2. The maximum absolute atomic E-state index is 12.0. The van der Waals surface area contributed by atoms with Crippen LogP contribution in [-0.4, -0.2) is 38.7 Å². The molecular weight excluding hydrogens is 344 g/mol. The Balaban J connectivity index is 1.86. The highest BCUT2D eigenvalue weighted by atomic mass is 35.5. The average Bonchev–Trinajstić information content (AvgIpc) is 2.61. The van der Waals surface area contributed by atoms with Gasteiger partial charge in [0.25, 0.3) is 11.8 Å². The molecule has 2 aromatic rings. The molecule has 0 aromatic heterocycles. The number of carbonyl (C=O) groups excluding carboxylic acids is 2. The van der Waals surface area contributed by atoms with E-state index in [1.807, 2.05) is 0 Å². The molecule has 0 aliphatic heterocycles. The smallest absolute Gasteiger partial charge is 0.262 e. The lowest BCUT2D eigenvalue weighted by atomic mass is 10.2. The molecule has 2 amide bonds. The van der Waals surface area contributed by atoms with Crippen LogP contribution in [0.5, 0.6) is 5.75 Å². The van der Waals surface area contributed by atoms with E-state index in [2.05, 4.69) is 10.6 Å². The predicted molar refractivity (Wildman–Crippen MR) is 96.2 cm³/mol. The summed E-state index contributed by atoms with van der Waals surface area (Å²) in [6.45, 7) is 0.705. The minimum atomic E-state index is -0.327. The van der Waals surface area contributed by atoms with Crippen molar-refractivity contribution in [3.05, 3.63) is 59.1 Å². The molecule has 0 unspecified atom stereocenters. The zero-order valence-electron chi connectivity index (χ0n) is 13.8. The highest BCUT2D eigenvalue weighted by Gasteiger charge is 2.08. The predicted octanol–water partition coefficient (Wildman–Crippen LogP) is 2.73. The number of amides is 2. The van der Waals surface area contributed by atoms with Crippen molar-refractivity contribution in [1.82, 2.24) is 5.32 Å². The summed E-state index contributed by atoms with van der Waals surface area (Å²) in [5.41, 5.74) is 0.969. The molecule has 0 fully saturated rings. The fourth-order valence-corrected chi connectivity index (χ4v) is 2.11. The fourth-order valence-electron chi connectivity index (χ4n) is 1.98. The maximum Gasteiger partial charge on any atom is 0.262 e. The van der Waals surface area contributed by atoms with Gasteiger partial charge in [-0.2, -0.15) is 0 Å². The Labute approximate surface area is 151 Å². The standard InChI is InChI=1S/C18H19ClN2O4/c1-24-10-9-20-18(23)13-3-2-4-15(11-13)21-17(22)12-25-16-7-5-14(19)6-8-16/h2-8,11H,9-10,12H2,1H3,(H,20,23)(H,21,22). The lowest BCUT2D eigenvalue weighted by Gasteiger charge is -2.09. The Bertz CT molecular complexity index is 719. The van der Waals surface area contributed by atoms with E-state index in [4.69, 9.17) is 21.1 Å². The van der Waals surface area contributed by atoms with Crippen molar-refractivity contribution in [1.29, 1.82) is 0 Å². The normalized spacial score (nSPS) is 10.2. The van der Waals surface area contributed by atoms with Gasteiger partial charge in [0.15, 0.2) is 6.61 Å². The van der Waals surface area contributed by atoms with Gasteiger partial charge in [-0.05, 0) is 42.5 Å². The SMILES string of the molecule is COCCNC(=O)c1cccc(NC(=O)COc2ccc(Cl)cc2)c1. The minimum Gasteiger partial charge on any atom is -0.484 e. The van der Waals surface area contributed by atoms with Gasteiger partial charge < -0.3 is 20.1 Å². The van der Waals surface area contributed by atoms with Gasteiger partial charge in [-0.3, -0.25) is 9.59 Å². The quantitative estimate of drug-likeness (QED) is 0.708. The summed E-state index contributed by atoms with van der Waals surface area (Å²) in [5.74, 6) is -0.0109. The number of methoxy groups -OCH3 is 1. The summed E-state index contributed by atoms with van der Waals surface area (Å²) in [6, 6.07) is 13.4. The third-order valence-electron chi connectivity index (χ3n) is 3.18. The molecule has 0 atom stereocenters. The van der Waals surface area contributed by atoms with Crippen LogP contribution in [0.2, 0.25) is 5.02 Å². The Morgan fingerprint density at radius 3 is 2.60 bits per heavy atom. The molecule has 132 valence electrons. The number of nitrogens with one attached hydrogen (secondary N) is 2. The van der Waals surface area contributed by atoms with E-state index in [-0.39, 0.29) is 18.4 Å². The first-order valence-electron chi connectivity index (χ1n) is 7.64. The van der Waals surface area contributed by atoms with Crippen LogP contribution in [0.15, 0.2) is 48.5 Å². The van der Waals surface area contributed by atoms with Crippen LogP contribution in [0.1, 0.15) is 10.4 Å². The van der Waals surface area contributed by atoms with Gasteiger partial charge >= 0.3 is 0 Å². The second-order valence-electron chi connectivity index (χ2n) is 5.12. The first kappa shape index (κ1) is 18.8. The first-order chi connectivity index (χ1) is 12.1. The minimum absolute atomic E-state index is 0.147. The Morgan fingerprint density at radius 2 is 1.88 bits per heavy atom. The van der Waals surface area contributed by atoms with Gasteiger partial charge in [0.2, 0.25) is 0 Å². The van der Waals surface area contributed by atoms with E-state index in [1.54, 1.807) is 55.6 Å². The van der Waals surface area contributed by atoms with Crippen molar-refractivity contribution < 1.29 is 19.1 Å². The topological polar surface area (TPSA) is 76.7 Å². The van der Waals surface area contributed by atoms with Crippen molar-refractivity contribution >= 4 is 29.1 Å². The molecule has 0 heterocycles. The summed E-state index contributed by atoms with van der Waals surface area (Å²) >= 11 is 5.79. The maximum atomic E-state index is 12.0.